The molecule has 55 heavy (non-hydrogen) atoms. The van der Waals surface area contributed by atoms with Crippen LogP contribution in [0.4, 0.5) is 10.1 Å². The number of nitrogens with zero attached hydrogens (tertiary/aromatic N) is 3. The van der Waals surface area contributed by atoms with Gasteiger partial charge >= 0.3 is 0 Å². The van der Waals surface area contributed by atoms with Crippen LogP contribution in [0.25, 0.3) is 0 Å². The third-order valence-corrected chi connectivity index (χ3v) is 10.5. The highest BCUT2D eigenvalue weighted by atomic mass is 19.1. The van der Waals surface area contributed by atoms with Crippen LogP contribution >= 0.6 is 0 Å². The first-order valence-electron chi connectivity index (χ1n) is 18.3. The van der Waals surface area contributed by atoms with Crippen molar-refractivity contribution in [2.45, 2.75) is 52.0 Å². The van der Waals surface area contributed by atoms with E-state index in [-0.39, 0.29) is 65.5 Å². The topological polar surface area (TPSA) is 136 Å². The smallest absolute Gasteiger partial charge is 0.269 e. The van der Waals surface area contributed by atoms with Gasteiger partial charge in [0.1, 0.15) is 19.8 Å². The molecule has 2 aliphatic rings. The zero-order chi connectivity index (χ0) is 39.4. The third-order valence-electron chi connectivity index (χ3n) is 10.5. The maximum Gasteiger partial charge on any atom is 0.269 e. The maximum atomic E-state index is 16.2. The number of hydrogen-bond acceptors (Lipinski definition) is 8. The number of Topliss-reactive ketones (excluding diaryl/α,β-unsaturated/α-hetero) is 2. The van der Waals surface area contributed by atoms with Gasteiger partial charge in [-0.25, -0.2) is 4.39 Å². The van der Waals surface area contributed by atoms with E-state index in [0.717, 1.165) is 16.7 Å². The van der Waals surface area contributed by atoms with Crippen molar-refractivity contribution in [3.63, 3.8) is 0 Å². The van der Waals surface area contributed by atoms with Crippen molar-refractivity contribution < 1.29 is 42.8 Å². The average molecular weight is 751 g/mol. The number of halogens is 1. The molecule has 1 N–H and O–H groups in total. The van der Waals surface area contributed by atoms with Crippen molar-refractivity contribution in [1.29, 1.82) is 0 Å². The fourth-order valence-electron chi connectivity index (χ4n) is 7.55. The lowest BCUT2D eigenvalue weighted by Gasteiger charge is -2.46. The Hall–Kier alpha value is -5.72. The fraction of sp³-hybridized carbons (Fsp3) is 0.326. The molecule has 0 aliphatic carbocycles. The largest absolute Gasteiger partial charge is 0.485 e. The molecule has 0 saturated carbocycles. The Labute approximate surface area is 319 Å². The van der Waals surface area contributed by atoms with Crippen molar-refractivity contribution in [3.05, 3.63) is 147 Å². The number of β-lactam (4-membered cyclic amide) rings is 1. The van der Waals surface area contributed by atoms with Crippen molar-refractivity contribution in [2.75, 3.05) is 27.2 Å². The number of ketones is 2. The van der Waals surface area contributed by atoms with Crippen LogP contribution in [0.3, 0.4) is 0 Å². The van der Waals surface area contributed by atoms with E-state index in [9.17, 15) is 29.6 Å². The Bertz CT molecular complexity index is 2100. The number of fused-ring (bicyclic) bond motifs is 1. The number of likely N-dealkylation sites (N-methyl/N-ethyl adjacent to an activating group) is 1. The Morgan fingerprint density at radius 2 is 1.53 bits per heavy atom. The minimum absolute atomic E-state index is 0.0431. The van der Waals surface area contributed by atoms with E-state index in [1.54, 1.807) is 13.0 Å². The van der Waals surface area contributed by atoms with Crippen molar-refractivity contribution in [1.82, 2.24) is 4.90 Å². The van der Waals surface area contributed by atoms with E-state index in [0.29, 0.717) is 24.0 Å². The van der Waals surface area contributed by atoms with Crippen LogP contribution < -0.4 is 9.47 Å². The van der Waals surface area contributed by atoms with Gasteiger partial charge in [0.2, 0.25) is 11.7 Å². The molecule has 4 aromatic carbocycles. The van der Waals surface area contributed by atoms with Gasteiger partial charge in [-0.3, -0.25) is 24.5 Å². The fourth-order valence-corrected chi connectivity index (χ4v) is 7.55. The predicted molar refractivity (Wildman–Crippen MR) is 203 cm³/mol. The van der Waals surface area contributed by atoms with Crippen molar-refractivity contribution in [2.24, 2.45) is 11.8 Å². The SMILES string of the molecule is C[C@@H](O)[C@H]1C(=O)N2C(C(=O)c3ccc([N+](=O)[O-])cc3)=C(C[N+](C)(C)CCCC(=O)c3ccc(OCc4ccccc4)c(OCc4ccccc4)c3F)[C@H](C)[C@H]12. The van der Waals surface area contributed by atoms with Gasteiger partial charge in [-0.1, -0.05) is 67.6 Å². The molecule has 4 aromatic rings. The van der Waals surface area contributed by atoms with Crippen LogP contribution in [0.2, 0.25) is 0 Å². The van der Waals surface area contributed by atoms with E-state index >= 15 is 4.39 Å². The first-order valence-corrected chi connectivity index (χ1v) is 18.3. The Balaban J connectivity index is 1.18. The molecule has 2 heterocycles. The number of aliphatic hydroxyl groups is 1. The first kappa shape index (κ1) is 39.0. The van der Waals surface area contributed by atoms with E-state index in [2.05, 4.69) is 0 Å². The molecule has 0 radical (unpaired) electrons. The van der Waals surface area contributed by atoms with Crippen molar-refractivity contribution >= 4 is 23.2 Å². The Kier molecular flexibility index (Phi) is 11.6. The standard InChI is InChI=1S/C43H45FN3O8/c1-27-34(40(45-39(27)37(28(2)48)43(45)51)41(50)31-17-19-32(20-18-31)46(52)53)24-47(3,4)23-11-16-35(49)33-21-22-36(54-25-29-12-7-5-8-13-29)42(38(33)44)55-26-30-14-9-6-10-15-30/h5-10,12-15,17-22,27-28,37,39,48H,11,16,23-26H2,1-4H3/q+1/t27-,28+,37+,39+/m0/s1. The summed E-state index contributed by atoms with van der Waals surface area (Å²) < 4.78 is 28.4. The lowest BCUT2D eigenvalue weighted by Crippen LogP contribution is -2.63. The highest BCUT2D eigenvalue weighted by molar-refractivity contribution is 6.13. The number of nitro benzene ring substituents is 1. The summed E-state index contributed by atoms with van der Waals surface area (Å²) in [6.07, 6.45) is -0.469. The van der Waals surface area contributed by atoms with E-state index < -0.39 is 40.4 Å². The van der Waals surface area contributed by atoms with E-state index in [4.69, 9.17) is 9.47 Å². The molecule has 0 bridgehead atoms. The Morgan fingerprint density at radius 1 is 0.927 bits per heavy atom. The molecule has 12 heteroatoms. The van der Waals surface area contributed by atoms with Gasteiger partial charge in [0.05, 0.1) is 54.9 Å². The van der Waals surface area contributed by atoms with Gasteiger partial charge in [0.25, 0.3) is 5.69 Å². The van der Waals surface area contributed by atoms with Gasteiger partial charge in [0.15, 0.2) is 23.1 Å². The van der Waals surface area contributed by atoms with Crippen LogP contribution in [0.5, 0.6) is 11.5 Å². The molecule has 1 saturated heterocycles. The number of amides is 1. The van der Waals surface area contributed by atoms with Crippen LogP contribution in [-0.2, 0) is 18.0 Å². The number of aliphatic hydroxyl groups excluding tert-OH is 1. The molecule has 0 spiro atoms. The summed E-state index contributed by atoms with van der Waals surface area (Å²) >= 11 is 0. The second kappa shape index (κ2) is 16.3. The summed E-state index contributed by atoms with van der Waals surface area (Å²) in [5.41, 5.74) is 2.63. The summed E-state index contributed by atoms with van der Waals surface area (Å²) in [7, 11) is 3.91. The molecule has 2 aliphatic heterocycles. The number of non-ortho nitro benzene ring substituents is 1. The lowest BCUT2D eigenvalue weighted by molar-refractivity contribution is -0.886. The minimum Gasteiger partial charge on any atom is -0.485 e. The second-order valence-corrected chi connectivity index (χ2v) is 14.9. The van der Waals surface area contributed by atoms with Gasteiger partial charge < -0.3 is 24.0 Å². The second-order valence-electron chi connectivity index (χ2n) is 14.9. The molecule has 4 atom stereocenters. The summed E-state index contributed by atoms with van der Waals surface area (Å²) in [6, 6.07) is 26.6. The van der Waals surface area contributed by atoms with Gasteiger partial charge in [0, 0.05) is 42.0 Å². The molecule has 1 amide bonds. The monoisotopic (exact) mass is 750 g/mol. The van der Waals surface area contributed by atoms with Crippen LogP contribution in [0.1, 0.15) is 58.5 Å². The number of carbonyl (C=O) groups is 3. The number of benzene rings is 4. The van der Waals surface area contributed by atoms with E-state index in [1.165, 1.54) is 35.2 Å². The number of rotatable bonds is 17. The highest BCUT2D eigenvalue weighted by Crippen LogP contribution is 2.48. The molecular formula is C43H45FN3O8+. The van der Waals surface area contributed by atoms with E-state index in [1.807, 2.05) is 81.7 Å². The minimum atomic E-state index is -0.908. The highest BCUT2D eigenvalue weighted by Gasteiger charge is 2.60. The number of nitro groups is 1. The Morgan fingerprint density at radius 3 is 2.11 bits per heavy atom. The number of carbonyl (C=O) groups excluding carboxylic acids is 3. The molecule has 0 unspecified atom stereocenters. The molecule has 286 valence electrons. The van der Waals surface area contributed by atoms with Gasteiger partial charge in [-0.05, 0) is 42.3 Å². The third kappa shape index (κ3) is 8.35. The summed E-state index contributed by atoms with van der Waals surface area (Å²) in [5, 5.41) is 21.6. The number of hydrogen-bond donors (Lipinski definition) is 1. The first-order chi connectivity index (χ1) is 26.3. The molecular weight excluding hydrogens is 705 g/mol. The quantitative estimate of drug-likeness (QED) is 0.0404. The predicted octanol–water partition coefficient (Wildman–Crippen LogP) is 6.93. The zero-order valence-corrected chi connectivity index (χ0v) is 31.3. The number of allylic oxidation sites excluding steroid dienone is 1. The van der Waals surface area contributed by atoms with Crippen molar-refractivity contribution in [3.8, 4) is 11.5 Å². The lowest BCUT2D eigenvalue weighted by atomic mass is 9.77. The van der Waals surface area contributed by atoms with Crippen LogP contribution in [0, 0.1) is 27.8 Å². The summed E-state index contributed by atoms with van der Waals surface area (Å²) in [5.74, 6) is -2.81. The number of ether oxygens (including phenoxy) is 2. The summed E-state index contributed by atoms with van der Waals surface area (Å²) in [6.45, 7) is 4.60. The summed E-state index contributed by atoms with van der Waals surface area (Å²) in [4.78, 5) is 53.0. The van der Waals surface area contributed by atoms with Crippen LogP contribution in [-0.4, -0.2) is 76.2 Å². The van der Waals surface area contributed by atoms with Gasteiger partial charge in [-0.15, -0.1) is 0 Å². The zero-order valence-electron chi connectivity index (χ0n) is 31.3. The van der Waals surface area contributed by atoms with Gasteiger partial charge in [-0.2, -0.15) is 0 Å². The average Bonchev–Trinajstić information content (AvgIpc) is 3.40. The van der Waals surface area contributed by atoms with Crippen LogP contribution in [0.15, 0.2) is 108 Å². The molecule has 0 aromatic heterocycles. The maximum absolute atomic E-state index is 16.2. The molecule has 6 rings (SSSR count). The number of quaternary nitrogens is 1. The normalized spacial score (nSPS) is 18.4. The molecule has 1 fully saturated rings. The molecule has 11 nitrogen and oxygen atoms in total.